The molecule has 7 heteroatoms. The summed E-state index contributed by atoms with van der Waals surface area (Å²) in [5.74, 6) is 0.295. The van der Waals surface area contributed by atoms with E-state index in [2.05, 4.69) is 15.6 Å². The lowest BCUT2D eigenvalue weighted by atomic mass is 9.93. The van der Waals surface area contributed by atoms with E-state index in [1.54, 1.807) is 0 Å². The number of aliphatic hydroxyl groups is 1. The molecule has 0 heterocycles. The Morgan fingerprint density at radius 3 is 2.36 bits per heavy atom. The normalized spacial score (nSPS) is 22.5. The van der Waals surface area contributed by atoms with Gasteiger partial charge in [-0.2, -0.15) is 0 Å². The van der Waals surface area contributed by atoms with Crippen LogP contribution >= 0.6 is 24.0 Å². The van der Waals surface area contributed by atoms with Gasteiger partial charge in [0.15, 0.2) is 5.96 Å². The Hall–Kier alpha value is -0.570. The summed E-state index contributed by atoms with van der Waals surface area (Å²) in [5.41, 5.74) is -0.488. The minimum atomic E-state index is -0.488. The summed E-state index contributed by atoms with van der Waals surface area (Å²) in [6.45, 7) is 8.23. The zero-order valence-corrected chi connectivity index (χ0v) is 16.3. The Balaban J connectivity index is 0.00000441. The Morgan fingerprint density at radius 2 is 1.86 bits per heavy atom. The van der Waals surface area contributed by atoms with Crippen molar-refractivity contribution in [3.05, 3.63) is 0 Å². The fourth-order valence-electron chi connectivity index (χ4n) is 2.25. The van der Waals surface area contributed by atoms with Crippen molar-refractivity contribution in [1.82, 2.24) is 10.6 Å². The second-order valence-corrected chi connectivity index (χ2v) is 6.43. The molecule has 0 atom stereocenters. The van der Waals surface area contributed by atoms with Crippen LogP contribution in [0.15, 0.2) is 4.99 Å². The van der Waals surface area contributed by atoms with E-state index >= 15 is 0 Å². The number of nitrogens with zero attached hydrogens (tertiary/aromatic N) is 1. The molecule has 0 spiro atoms. The first kappa shape index (κ1) is 21.4. The van der Waals surface area contributed by atoms with Crippen molar-refractivity contribution >= 4 is 35.9 Å². The highest BCUT2D eigenvalue weighted by Gasteiger charge is 2.20. The van der Waals surface area contributed by atoms with Crippen molar-refractivity contribution in [2.45, 2.75) is 71.1 Å². The molecule has 0 saturated heterocycles. The molecule has 0 aromatic heterocycles. The lowest BCUT2D eigenvalue weighted by molar-refractivity contribution is -0.152. The lowest BCUT2D eigenvalue weighted by Crippen LogP contribution is -2.45. The highest BCUT2D eigenvalue weighted by molar-refractivity contribution is 14.0. The highest BCUT2D eigenvalue weighted by Crippen LogP contribution is 2.18. The van der Waals surface area contributed by atoms with Crippen molar-refractivity contribution in [3.8, 4) is 0 Å². The van der Waals surface area contributed by atoms with Crippen LogP contribution in [0, 0.1) is 0 Å². The van der Waals surface area contributed by atoms with Gasteiger partial charge in [-0.3, -0.25) is 4.79 Å². The number of hydrogen-bond acceptors (Lipinski definition) is 4. The van der Waals surface area contributed by atoms with Crippen molar-refractivity contribution in [3.63, 3.8) is 0 Å². The lowest BCUT2D eigenvalue weighted by Gasteiger charge is -2.27. The topological polar surface area (TPSA) is 83.0 Å². The molecule has 0 aromatic carbocycles. The van der Waals surface area contributed by atoms with Gasteiger partial charge in [-0.15, -0.1) is 24.0 Å². The fourth-order valence-corrected chi connectivity index (χ4v) is 2.25. The van der Waals surface area contributed by atoms with Crippen LogP contribution in [0.4, 0.5) is 0 Å². The maximum atomic E-state index is 11.7. The maximum Gasteiger partial charge on any atom is 0.328 e. The first-order valence-corrected chi connectivity index (χ1v) is 7.75. The van der Waals surface area contributed by atoms with E-state index in [0.29, 0.717) is 12.0 Å². The maximum absolute atomic E-state index is 11.7. The molecule has 3 N–H and O–H groups in total. The average Bonchev–Trinajstić information content (AvgIpc) is 2.37. The van der Waals surface area contributed by atoms with Gasteiger partial charge in [0.25, 0.3) is 0 Å². The number of esters is 1. The molecular formula is C15H30IN3O3. The van der Waals surface area contributed by atoms with Gasteiger partial charge in [0.1, 0.15) is 12.1 Å². The van der Waals surface area contributed by atoms with E-state index in [1.807, 2.05) is 27.7 Å². The van der Waals surface area contributed by atoms with Gasteiger partial charge in [0.2, 0.25) is 0 Å². The number of carbonyl (C=O) groups is 1. The molecule has 1 fully saturated rings. The summed E-state index contributed by atoms with van der Waals surface area (Å²) >= 11 is 0. The van der Waals surface area contributed by atoms with Gasteiger partial charge in [-0.1, -0.05) is 0 Å². The van der Waals surface area contributed by atoms with Crippen LogP contribution in [0.25, 0.3) is 0 Å². The third kappa shape index (κ3) is 9.45. The number of aliphatic hydroxyl groups excluding tert-OH is 1. The van der Waals surface area contributed by atoms with Crippen LogP contribution in [0.2, 0.25) is 0 Å². The first-order chi connectivity index (χ1) is 9.80. The monoisotopic (exact) mass is 427 g/mol. The van der Waals surface area contributed by atoms with Crippen molar-refractivity contribution in [2.75, 3.05) is 13.1 Å². The standard InChI is InChI=1S/C15H29N3O3.HI/c1-5-16-14(17-10-13(20)21-15(2,3)4)18-11-6-8-12(19)9-7-11;/h11-12,19H,5-10H2,1-4H3,(H2,16,17,18);1H. The molecule has 0 amide bonds. The zero-order valence-electron chi connectivity index (χ0n) is 14.0. The number of halogens is 1. The number of aliphatic imine (C=N–C) groups is 1. The quantitative estimate of drug-likeness (QED) is 0.276. The summed E-state index contributed by atoms with van der Waals surface area (Å²) in [6.07, 6.45) is 3.27. The summed E-state index contributed by atoms with van der Waals surface area (Å²) in [5, 5.41) is 16.0. The molecule has 130 valence electrons. The Morgan fingerprint density at radius 1 is 1.27 bits per heavy atom. The van der Waals surface area contributed by atoms with E-state index < -0.39 is 5.60 Å². The molecule has 1 rings (SSSR count). The Kier molecular flexibility index (Phi) is 9.99. The molecule has 0 unspecified atom stereocenters. The van der Waals surface area contributed by atoms with Crippen LogP contribution in [-0.4, -0.2) is 47.9 Å². The second-order valence-electron chi connectivity index (χ2n) is 6.43. The predicted octanol–water partition coefficient (Wildman–Crippen LogP) is 1.80. The van der Waals surface area contributed by atoms with Gasteiger partial charge in [-0.25, -0.2) is 4.99 Å². The highest BCUT2D eigenvalue weighted by atomic mass is 127. The molecule has 22 heavy (non-hydrogen) atoms. The van der Waals surface area contributed by atoms with Crippen LogP contribution in [-0.2, 0) is 9.53 Å². The average molecular weight is 427 g/mol. The summed E-state index contributed by atoms with van der Waals surface area (Å²) in [6, 6.07) is 0.296. The second kappa shape index (κ2) is 10.3. The Bertz CT molecular complexity index is 362. The van der Waals surface area contributed by atoms with Gasteiger partial charge in [0.05, 0.1) is 6.10 Å². The molecule has 0 bridgehead atoms. The molecular weight excluding hydrogens is 397 g/mol. The molecule has 0 aromatic rings. The number of hydrogen-bond donors (Lipinski definition) is 3. The van der Waals surface area contributed by atoms with Crippen LogP contribution in [0.3, 0.4) is 0 Å². The zero-order chi connectivity index (χ0) is 15.9. The number of rotatable bonds is 4. The largest absolute Gasteiger partial charge is 0.459 e. The number of nitrogens with one attached hydrogen (secondary N) is 2. The third-order valence-electron chi connectivity index (χ3n) is 3.17. The van der Waals surface area contributed by atoms with Crippen LogP contribution in [0.1, 0.15) is 53.4 Å². The number of carbonyl (C=O) groups excluding carboxylic acids is 1. The van der Waals surface area contributed by atoms with Crippen molar-refractivity contribution in [1.29, 1.82) is 0 Å². The summed E-state index contributed by atoms with van der Waals surface area (Å²) in [4.78, 5) is 16.0. The number of guanidine groups is 1. The van der Waals surface area contributed by atoms with Gasteiger partial charge >= 0.3 is 5.97 Å². The van der Waals surface area contributed by atoms with Gasteiger partial charge in [-0.05, 0) is 53.4 Å². The minimum absolute atomic E-state index is 0. The van der Waals surface area contributed by atoms with Crippen molar-refractivity contribution < 1.29 is 14.6 Å². The molecule has 0 aliphatic heterocycles. The SMILES string of the molecule is CCNC(=NCC(=O)OC(C)(C)C)NC1CCC(O)CC1.I. The van der Waals surface area contributed by atoms with E-state index in [0.717, 1.165) is 32.2 Å². The van der Waals surface area contributed by atoms with E-state index in [1.165, 1.54) is 0 Å². The smallest absolute Gasteiger partial charge is 0.328 e. The van der Waals surface area contributed by atoms with Crippen molar-refractivity contribution in [2.24, 2.45) is 4.99 Å². The molecule has 6 nitrogen and oxygen atoms in total. The summed E-state index contributed by atoms with van der Waals surface area (Å²) < 4.78 is 5.24. The third-order valence-corrected chi connectivity index (χ3v) is 3.17. The molecule has 0 radical (unpaired) electrons. The molecule has 1 aliphatic carbocycles. The van der Waals surface area contributed by atoms with Crippen LogP contribution < -0.4 is 10.6 Å². The van der Waals surface area contributed by atoms with Gasteiger partial charge < -0.3 is 20.5 Å². The van der Waals surface area contributed by atoms with Gasteiger partial charge in [0, 0.05) is 12.6 Å². The van der Waals surface area contributed by atoms with Crippen LogP contribution in [0.5, 0.6) is 0 Å². The van der Waals surface area contributed by atoms with E-state index in [-0.39, 0.29) is 42.6 Å². The molecule has 1 saturated carbocycles. The van der Waals surface area contributed by atoms with E-state index in [4.69, 9.17) is 4.74 Å². The predicted molar refractivity (Wildman–Crippen MR) is 98.6 cm³/mol. The van der Waals surface area contributed by atoms with E-state index in [9.17, 15) is 9.90 Å². The first-order valence-electron chi connectivity index (χ1n) is 7.75. The Labute approximate surface area is 150 Å². The summed E-state index contributed by atoms with van der Waals surface area (Å²) in [7, 11) is 0. The number of ether oxygens (including phenoxy) is 1. The minimum Gasteiger partial charge on any atom is -0.459 e. The molecule has 1 aliphatic rings. The fraction of sp³-hybridized carbons (Fsp3) is 0.867.